The van der Waals surface area contributed by atoms with E-state index in [0.29, 0.717) is 0 Å². The third kappa shape index (κ3) is 8.23. The van der Waals surface area contributed by atoms with Gasteiger partial charge in [-0.25, -0.2) is 4.98 Å². The summed E-state index contributed by atoms with van der Waals surface area (Å²) in [6.07, 6.45) is 16.9. The number of imidazole rings is 1. The number of aromatic amines is 1. The second-order valence-electron chi connectivity index (χ2n) is 7.45. The van der Waals surface area contributed by atoms with E-state index in [2.05, 4.69) is 23.8 Å². The molecule has 2 aromatic rings. The zero-order valence-electron chi connectivity index (χ0n) is 17.4. The molecule has 0 spiro atoms. The molecule has 1 aromatic heterocycles. The van der Waals surface area contributed by atoms with Crippen LogP contribution < -0.4 is 9.47 Å². The van der Waals surface area contributed by atoms with E-state index in [9.17, 15) is 0 Å². The summed E-state index contributed by atoms with van der Waals surface area (Å²) < 4.78 is 12.1. The summed E-state index contributed by atoms with van der Waals surface area (Å²) in [7, 11) is 0. The van der Waals surface area contributed by atoms with Crippen molar-refractivity contribution in [3.8, 4) is 11.5 Å². The number of nitrogens with zero attached hydrogens (tertiary/aromatic N) is 1. The van der Waals surface area contributed by atoms with E-state index in [1.165, 1.54) is 64.2 Å². The molecular weight excluding hydrogens is 336 g/mol. The molecule has 0 fully saturated rings. The minimum atomic E-state index is 0.745. The lowest BCUT2D eigenvalue weighted by Crippen LogP contribution is -2.03. The van der Waals surface area contributed by atoms with Gasteiger partial charge < -0.3 is 14.5 Å². The molecule has 0 aliphatic rings. The SMILES string of the molecule is CCCCCCCCOc1cc2nc[nH]c2cc1OCCCCCCCC. The Kier molecular flexibility index (Phi) is 10.8. The van der Waals surface area contributed by atoms with Gasteiger partial charge in [0.2, 0.25) is 0 Å². The molecule has 0 aliphatic carbocycles. The number of hydrogen-bond acceptors (Lipinski definition) is 3. The van der Waals surface area contributed by atoms with Gasteiger partial charge in [0.25, 0.3) is 0 Å². The Morgan fingerprint density at radius 1 is 0.704 bits per heavy atom. The molecule has 0 aliphatic heterocycles. The van der Waals surface area contributed by atoms with Crippen LogP contribution in [0.15, 0.2) is 18.5 Å². The van der Waals surface area contributed by atoms with Crippen molar-refractivity contribution in [1.82, 2.24) is 9.97 Å². The number of nitrogens with one attached hydrogen (secondary N) is 1. The summed E-state index contributed by atoms with van der Waals surface area (Å²) in [6.45, 7) is 6.00. The third-order valence-electron chi connectivity index (χ3n) is 5.00. The van der Waals surface area contributed by atoms with Crippen LogP contribution >= 0.6 is 0 Å². The average Bonchev–Trinajstić information content (AvgIpc) is 3.13. The second kappa shape index (κ2) is 13.5. The number of hydrogen-bond donors (Lipinski definition) is 1. The Balaban J connectivity index is 1.78. The minimum absolute atomic E-state index is 0.745. The van der Waals surface area contributed by atoms with Gasteiger partial charge in [0.1, 0.15) is 0 Å². The molecule has 2 rings (SSSR count). The molecule has 0 unspecified atom stereocenters. The lowest BCUT2D eigenvalue weighted by atomic mass is 10.1. The van der Waals surface area contributed by atoms with Crippen LogP contribution in [0.2, 0.25) is 0 Å². The summed E-state index contributed by atoms with van der Waals surface area (Å²) in [4.78, 5) is 7.51. The molecule has 152 valence electrons. The Morgan fingerprint density at radius 2 is 1.22 bits per heavy atom. The summed E-state index contributed by atoms with van der Waals surface area (Å²) in [5.41, 5.74) is 1.93. The molecule has 27 heavy (non-hydrogen) atoms. The van der Waals surface area contributed by atoms with Crippen molar-refractivity contribution in [2.24, 2.45) is 0 Å². The first-order chi connectivity index (χ1) is 13.3. The van der Waals surface area contributed by atoms with Gasteiger partial charge in [-0.05, 0) is 12.8 Å². The van der Waals surface area contributed by atoms with E-state index >= 15 is 0 Å². The van der Waals surface area contributed by atoms with Crippen molar-refractivity contribution < 1.29 is 9.47 Å². The summed E-state index contributed by atoms with van der Waals surface area (Å²) in [6, 6.07) is 4.02. The van der Waals surface area contributed by atoms with E-state index in [-0.39, 0.29) is 0 Å². The fourth-order valence-electron chi connectivity index (χ4n) is 3.30. The number of unbranched alkanes of at least 4 members (excludes halogenated alkanes) is 10. The molecule has 0 saturated heterocycles. The Morgan fingerprint density at radius 3 is 1.81 bits per heavy atom. The molecule has 0 amide bonds. The van der Waals surface area contributed by atoms with Gasteiger partial charge in [-0.2, -0.15) is 0 Å². The van der Waals surface area contributed by atoms with Crippen LogP contribution in [0, 0.1) is 0 Å². The van der Waals surface area contributed by atoms with Crippen molar-refractivity contribution in [3.63, 3.8) is 0 Å². The van der Waals surface area contributed by atoms with Gasteiger partial charge in [-0.3, -0.25) is 0 Å². The largest absolute Gasteiger partial charge is 0.490 e. The fraction of sp³-hybridized carbons (Fsp3) is 0.696. The molecule has 0 saturated carbocycles. The Hall–Kier alpha value is -1.71. The molecule has 0 bridgehead atoms. The number of ether oxygens (including phenoxy) is 2. The van der Waals surface area contributed by atoms with Crippen molar-refractivity contribution >= 4 is 11.0 Å². The number of rotatable bonds is 16. The molecule has 4 nitrogen and oxygen atoms in total. The van der Waals surface area contributed by atoms with Gasteiger partial charge in [0.05, 0.1) is 30.6 Å². The first kappa shape index (κ1) is 21.6. The topological polar surface area (TPSA) is 47.1 Å². The zero-order chi connectivity index (χ0) is 19.2. The van der Waals surface area contributed by atoms with Gasteiger partial charge in [-0.15, -0.1) is 0 Å². The van der Waals surface area contributed by atoms with Gasteiger partial charge in [0.15, 0.2) is 11.5 Å². The Labute approximate surface area is 165 Å². The smallest absolute Gasteiger partial charge is 0.163 e. The predicted molar refractivity (Wildman–Crippen MR) is 114 cm³/mol. The summed E-state index contributed by atoms with van der Waals surface area (Å²) in [5.74, 6) is 1.67. The fourth-order valence-corrected chi connectivity index (χ4v) is 3.30. The summed E-state index contributed by atoms with van der Waals surface area (Å²) >= 11 is 0. The average molecular weight is 375 g/mol. The van der Waals surface area contributed by atoms with Crippen molar-refractivity contribution in [2.75, 3.05) is 13.2 Å². The van der Waals surface area contributed by atoms with E-state index < -0.39 is 0 Å². The van der Waals surface area contributed by atoms with E-state index in [4.69, 9.17) is 9.47 Å². The van der Waals surface area contributed by atoms with Crippen molar-refractivity contribution in [2.45, 2.75) is 90.9 Å². The van der Waals surface area contributed by atoms with Crippen LogP contribution in [0.1, 0.15) is 90.9 Å². The van der Waals surface area contributed by atoms with Crippen LogP contribution in [0.25, 0.3) is 11.0 Å². The van der Waals surface area contributed by atoms with Crippen LogP contribution in [0.5, 0.6) is 11.5 Å². The standard InChI is InChI=1S/C23H38N2O2/c1-3-5-7-9-11-13-15-26-22-17-20-21(25-19-24-20)18-23(22)27-16-14-12-10-8-6-4-2/h17-19H,3-16H2,1-2H3,(H,24,25). The number of benzene rings is 1. The number of fused-ring (bicyclic) bond motifs is 1. The lowest BCUT2D eigenvalue weighted by Gasteiger charge is -2.13. The highest BCUT2D eigenvalue weighted by molar-refractivity contribution is 5.79. The molecule has 0 radical (unpaired) electrons. The molecule has 0 atom stereocenters. The quantitative estimate of drug-likeness (QED) is 0.320. The van der Waals surface area contributed by atoms with Gasteiger partial charge in [-0.1, -0.05) is 78.1 Å². The highest BCUT2D eigenvalue weighted by Gasteiger charge is 2.09. The van der Waals surface area contributed by atoms with Crippen LogP contribution in [0.3, 0.4) is 0 Å². The highest BCUT2D eigenvalue weighted by atomic mass is 16.5. The first-order valence-corrected chi connectivity index (χ1v) is 11.1. The third-order valence-corrected chi connectivity index (χ3v) is 5.00. The van der Waals surface area contributed by atoms with Crippen molar-refractivity contribution in [1.29, 1.82) is 0 Å². The molecule has 4 heteroatoms. The highest BCUT2D eigenvalue weighted by Crippen LogP contribution is 2.31. The normalized spacial score (nSPS) is 11.2. The molecule has 1 aromatic carbocycles. The summed E-state index contributed by atoms with van der Waals surface area (Å²) in [5, 5.41) is 0. The maximum absolute atomic E-state index is 6.06. The van der Waals surface area contributed by atoms with E-state index in [1.807, 2.05) is 12.1 Å². The van der Waals surface area contributed by atoms with Gasteiger partial charge in [0, 0.05) is 12.1 Å². The lowest BCUT2D eigenvalue weighted by molar-refractivity contribution is 0.259. The first-order valence-electron chi connectivity index (χ1n) is 11.1. The predicted octanol–water partition coefficient (Wildman–Crippen LogP) is 7.04. The monoisotopic (exact) mass is 374 g/mol. The number of aromatic nitrogens is 2. The maximum atomic E-state index is 6.06. The Bertz CT molecular complexity index is 572. The van der Waals surface area contributed by atoms with Gasteiger partial charge >= 0.3 is 0 Å². The van der Waals surface area contributed by atoms with E-state index in [1.54, 1.807) is 6.33 Å². The maximum Gasteiger partial charge on any atom is 0.163 e. The zero-order valence-corrected chi connectivity index (χ0v) is 17.4. The molecule has 1 heterocycles. The number of H-pyrrole nitrogens is 1. The van der Waals surface area contributed by atoms with Crippen LogP contribution in [-0.2, 0) is 0 Å². The molecular formula is C23H38N2O2. The van der Waals surface area contributed by atoms with Crippen LogP contribution in [-0.4, -0.2) is 23.2 Å². The van der Waals surface area contributed by atoms with Crippen LogP contribution in [0.4, 0.5) is 0 Å². The molecule has 1 N–H and O–H groups in total. The van der Waals surface area contributed by atoms with E-state index in [0.717, 1.165) is 48.6 Å². The minimum Gasteiger partial charge on any atom is -0.490 e. The second-order valence-corrected chi connectivity index (χ2v) is 7.45. The van der Waals surface area contributed by atoms with Crippen molar-refractivity contribution in [3.05, 3.63) is 18.5 Å².